The molecule has 3 aromatic carbocycles. The molecule has 5 nitrogen and oxygen atoms in total. The van der Waals surface area contributed by atoms with Crippen molar-refractivity contribution in [2.45, 2.75) is 19.4 Å². The third-order valence-electron chi connectivity index (χ3n) is 4.94. The Labute approximate surface area is 202 Å². The second kappa shape index (κ2) is 12.5. The predicted molar refractivity (Wildman–Crippen MR) is 133 cm³/mol. The molecule has 168 valence electrons. The van der Waals surface area contributed by atoms with Gasteiger partial charge in [-0.2, -0.15) is 5.26 Å². The highest BCUT2D eigenvalue weighted by Crippen LogP contribution is 2.30. The Morgan fingerprint density at radius 2 is 1.79 bits per heavy atom. The highest BCUT2D eigenvalue weighted by atomic mass is 79.9. The number of carbonyl (C=O) groups excluding carboxylic acids is 1. The molecule has 0 aliphatic carbocycles. The minimum atomic E-state index is -0.389. The molecule has 0 aliphatic rings. The Kier molecular flexibility index (Phi) is 9.10. The van der Waals surface area contributed by atoms with Gasteiger partial charge in [0.1, 0.15) is 18.2 Å². The number of halogens is 1. The number of nitriles is 1. The number of amides is 1. The van der Waals surface area contributed by atoms with Gasteiger partial charge >= 0.3 is 0 Å². The van der Waals surface area contributed by atoms with Gasteiger partial charge in [0.2, 0.25) is 0 Å². The molecule has 0 heterocycles. The molecule has 0 saturated carbocycles. The third-order valence-corrected chi connectivity index (χ3v) is 5.47. The van der Waals surface area contributed by atoms with Crippen molar-refractivity contribution in [1.82, 2.24) is 5.32 Å². The number of nitrogens with zero attached hydrogens (tertiary/aromatic N) is 1. The first-order valence-corrected chi connectivity index (χ1v) is 11.4. The summed E-state index contributed by atoms with van der Waals surface area (Å²) in [6.45, 7) is 0.895. The molecule has 0 saturated heterocycles. The first-order valence-electron chi connectivity index (χ1n) is 10.6. The number of hydrogen-bond acceptors (Lipinski definition) is 4. The average Bonchev–Trinajstić information content (AvgIpc) is 2.85. The number of hydrogen-bond donors (Lipinski definition) is 1. The van der Waals surface area contributed by atoms with Crippen molar-refractivity contribution in [3.8, 4) is 17.6 Å². The zero-order chi connectivity index (χ0) is 23.5. The van der Waals surface area contributed by atoms with Crippen LogP contribution in [0.5, 0.6) is 11.5 Å². The maximum absolute atomic E-state index is 12.4. The molecule has 3 aromatic rings. The van der Waals surface area contributed by atoms with Crippen LogP contribution >= 0.6 is 15.9 Å². The van der Waals surface area contributed by atoms with Gasteiger partial charge in [0.15, 0.2) is 11.5 Å². The first-order chi connectivity index (χ1) is 16.1. The van der Waals surface area contributed by atoms with Crippen molar-refractivity contribution in [3.05, 3.63) is 99.5 Å². The van der Waals surface area contributed by atoms with E-state index in [1.54, 1.807) is 31.4 Å². The first kappa shape index (κ1) is 24.1. The highest BCUT2D eigenvalue weighted by Gasteiger charge is 2.11. The minimum absolute atomic E-state index is 0.0419. The van der Waals surface area contributed by atoms with Crippen LogP contribution in [-0.2, 0) is 17.8 Å². The van der Waals surface area contributed by atoms with Crippen LogP contribution in [0, 0.1) is 11.3 Å². The largest absolute Gasteiger partial charge is 0.493 e. The standard InChI is InChI=1S/C27H25BrN2O3/c1-32-26-17-22(11-14-25(26)33-19-21-9-12-24(28)13-10-21)16-23(18-29)27(31)30-15-5-8-20-6-3-2-4-7-20/h2-4,6-7,9-14,16-17H,5,8,15,19H2,1H3,(H,30,31)/b23-16-. The Morgan fingerprint density at radius 1 is 1.03 bits per heavy atom. The van der Waals surface area contributed by atoms with Crippen LogP contribution in [0.25, 0.3) is 6.08 Å². The van der Waals surface area contributed by atoms with E-state index in [-0.39, 0.29) is 11.5 Å². The molecule has 0 fully saturated rings. The van der Waals surface area contributed by atoms with E-state index in [9.17, 15) is 10.1 Å². The smallest absolute Gasteiger partial charge is 0.261 e. The Morgan fingerprint density at radius 3 is 2.48 bits per heavy atom. The number of aryl methyl sites for hydroxylation is 1. The van der Waals surface area contributed by atoms with Gasteiger partial charge < -0.3 is 14.8 Å². The zero-order valence-electron chi connectivity index (χ0n) is 18.4. The lowest BCUT2D eigenvalue weighted by Crippen LogP contribution is -2.25. The van der Waals surface area contributed by atoms with E-state index in [2.05, 4.69) is 33.4 Å². The highest BCUT2D eigenvalue weighted by molar-refractivity contribution is 9.10. The van der Waals surface area contributed by atoms with Gasteiger partial charge in [-0.05, 0) is 59.9 Å². The summed E-state index contributed by atoms with van der Waals surface area (Å²) in [5, 5.41) is 12.3. The van der Waals surface area contributed by atoms with E-state index in [0.29, 0.717) is 30.2 Å². The van der Waals surface area contributed by atoms with E-state index in [1.807, 2.05) is 48.5 Å². The summed E-state index contributed by atoms with van der Waals surface area (Å²) < 4.78 is 12.3. The van der Waals surface area contributed by atoms with Gasteiger partial charge in [0.25, 0.3) is 5.91 Å². The van der Waals surface area contributed by atoms with Crippen molar-refractivity contribution in [2.75, 3.05) is 13.7 Å². The number of benzene rings is 3. The van der Waals surface area contributed by atoms with Gasteiger partial charge in [-0.1, -0.05) is 64.5 Å². The van der Waals surface area contributed by atoms with E-state index in [4.69, 9.17) is 9.47 Å². The lowest BCUT2D eigenvalue weighted by atomic mass is 10.1. The van der Waals surface area contributed by atoms with Crippen LogP contribution < -0.4 is 14.8 Å². The molecule has 6 heteroatoms. The van der Waals surface area contributed by atoms with Gasteiger partial charge in [-0.3, -0.25) is 4.79 Å². The molecule has 0 unspecified atom stereocenters. The summed E-state index contributed by atoms with van der Waals surface area (Å²) in [5.41, 5.74) is 2.97. The number of rotatable bonds is 10. The Bertz CT molecular complexity index is 1140. The number of methoxy groups -OCH3 is 1. The van der Waals surface area contributed by atoms with E-state index in [1.165, 1.54) is 5.56 Å². The molecule has 0 spiro atoms. The zero-order valence-corrected chi connectivity index (χ0v) is 20.0. The van der Waals surface area contributed by atoms with E-state index < -0.39 is 0 Å². The molecule has 3 rings (SSSR count). The molecular formula is C27H25BrN2O3. The fourth-order valence-electron chi connectivity index (χ4n) is 3.18. The fraction of sp³-hybridized carbons (Fsp3) is 0.185. The molecule has 0 radical (unpaired) electrons. The third kappa shape index (κ3) is 7.51. The van der Waals surface area contributed by atoms with Crippen molar-refractivity contribution in [2.24, 2.45) is 0 Å². The van der Waals surface area contributed by atoms with Gasteiger partial charge in [-0.25, -0.2) is 0 Å². The second-order valence-electron chi connectivity index (χ2n) is 7.34. The van der Waals surface area contributed by atoms with Crippen LogP contribution in [0.1, 0.15) is 23.1 Å². The topological polar surface area (TPSA) is 71.3 Å². The Balaban J connectivity index is 1.59. The molecule has 33 heavy (non-hydrogen) atoms. The lowest BCUT2D eigenvalue weighted by Gasteiger charge is -2.12. The van der Waals surface area contributed by atoms with E-state index in [0.717, 1.165) is 22.9 Å². The number of ether oxygens (including phenoxy) is 2. The summed E-state index contributed by atoms with van der Waals surface area (Å²) in [7, 11) is 1.56. The summed E-state index contributed by atoms with van der Waals surface area (Å²) in [4.78, 5) is 12.4. The van der Waals surface area contributed by atoms with E-state index >= 15 is 0 Å². The van der Waals surface area contributed by atoms with Gasteiger partial charge in [0.05, 0.1) is 7.11 Å². The van der Waals surface area contributed by atoms with Crippen LogP contribution in [0.3, 0.4) is 0 Å². The van der Waals surface area contributed by atoms with Crippen LogP contribution in [0.15, 0.2) is 82.8 Å². The maximum atomic E-state index is 12.4. The summed E-state index contributed by atoms with van der Waals surface area (Å²) in [6, 6.07) is 25.3. The maximum Gasteiger partial charge on any atom is 0.261 e. The van der Waals surface area contributed by atoms with Gasteiger partial charge in [-0.15, -0.1) is 0 Å². The van der Waals surface area contributed by atoms with Crippen molar-refractivity contribution < 1.29 is 14.3 Å². The van der Waals surface area contributed by atoms with Gasteiger partial charge in [0, 0.05) is 11.0 Å². The molecule has 1 amide bonds. The quantitative estimate of drug-likeness (QED) is 0.218. The summed E-state index contributed by atoms with van der Waals surface area (Å²) >= 11 is 3.42. The molecule has 0 aromatic heterocycles. The Hall–Kier alpha value is -3.56. The second-order valence-corrected chi connectivity index (χ2v) is 8.26. The molecule has 0 atom stereocenters. The summed E-state index contributed by atoms with van der Waals surface area (Å²) in [6.07, 6.45) is 3.21. The van der Waals surface area contributed by atoms with Crippen LogP contribution in [0.2, 0.25) is 0 Å². The fourth-order valence-corrected chi connectivity index (χ4v) is 3.45. The molecule has 0 bridgehead atoms. The molecule has 1 N–H and O–H groups in total. The lowest BCUT2D eigenvalue weighted by molar-refractivity contribution is -0.117. The van der Waals surface area contributed by atoms with Crippen LogP contribution in [0.4, 0.5) is 0 Å². The normalized spacial score (nSPS) is 10.9. The molecular weight excluding hydrogens is 480 g/mol. The van der Waals surface area contributed by atoms with Crippen LogP contribution in [-0.4, -0.2) is 19.6 Å². The van der Waals surface area contributed by atoms with Crippen molar-refractivity contribution in [3.63, 3.8) is 0 Å². The molecule has 0 aliphatic heterocycles. The predicted octanol–water partition coefficient (Wildman–Crippen LogP) is 5.69. The number of nitrogens with one attached hydrogen (secondary N) is 1. The summed E-state index contributed by atoms with van der Waals surface area (Å²) in [5.74, 6) is 0.725. The SMILES string of the molecule is COc1cc(/C=C(/C#N)C(=O)NCCCc2ccccc2)ccc1OCc1ccc(Br)cc1. The van der Waals surface area contributed by atoms with Crippen molar-refractivity contribution >= 4 is 27.9 Å². The monoisotopic (exact) mass is 504 g/mol. The van der Waals surface area contributed by atoms with Crippen molar-refractivity contribution in [1.29, 1.82) is 5.26 Å². The average molecular weight is 505 g/mol. The minimum Gasteiger partial charge on any atom is -0.493 e. The number of carbonyl (C=O) groups is 1.